The molecule has 1 N–H and O–H groups in total. The predicted octanol–water partition coefficient (Wildman–Crippen LogP) is 6.99. The second-order valence-electron chi connectivity index (χ2n) is 9.62. The molecule has 0 aliphatic carbocycles. The molecule has 1 aliphatic rings. The molecule has 186 valence electrons. The number of carbonyl (C=O) groups excluding carboxylic acids is 1. The molecule has 0 bridgehead atoms. The third-order valence-electron chi connectivity index (χ3n) is 6.58. The molecule has 3 rings (SSSR count). The SMILES string of the molecule is C=C/C=C\C=C(/C)[C@H](CCN1CCC(c2cccc(NC(=O)C(C)C)c2)CC1)Oc1ccccc1. The molecule has 35 heavy (non-hydrogen) atoms. The number of piperidine rings is 1. The Morgan fingerprint density at radius 2 is 1.86 bits per heavy atom. The van der Waals surface area contributed by atoms with Crippen molar-refractivity contribution in [2.45, 2.75) is 52.1 Å². The normalized spacial score (nSPS) is 16.4. The number of amides is 1. The molecule has 0 radical (unpaired) electrons. The van der Waals surface area contributed by atoms with Crippen LogP contribution in [0.3, 0.4) is 0 Å². The van der Waals surface area contributed by atoms with E-state index in [4.69, 9.17) is 4.74 Å². The highest BCUT2D eigenvalue weighted by Crippen LogP contribution is 2.30. The first-order chi connectivity index (χ1) is 17.0. The van der Waals surface area contributed by atoms with Gasteiger partial charge in [-0.05, 0) is 74.2 Å². The van der Waals surface area contributed by atoms with Gasteiger partial charge >= 0.3 is 0 Å². The number of hydrogen-bond donors (Lipinski definition) is 1. The van der Waals surface area contributed by atoms with Crippen molar-refractivity contribution in [2.75, 3.05) is 25.0 Å². The van der Waals surface area contributed by atoms with Gasteiger partial charge in [0.25, 0.3) is 0 Å². The maximum absolute atomic E-state index is 12.1. The number of hydrogen-bond acceptors (Lipinski definition) is 3. The number of anilines is 1. The van der Waals surface area contributed by atoms with Crippen LogP contribution in [0.2, 0.25) is 0 Å². The summed E-state index contributed by atoms with van der Waals surface area (Å²) in [4.78, 5) is 14.6. The third kappa shape index (κ3) is 8.56. The molecule has 2 aromatic rings. The van der Waals surface area contributed by atoms with E-state index in [1.54, 1.807) is 6.08 Å². The zero-order chi connectivity index (χ0) is 25.0. The van der Waals surface area contributed by atoms with Crippen LogP contribution in [0.15, 0.2) is 91.1 Å². The van der Waals surface area contributed by atoms with Crippen molar-refractivity contribution < 1.29 is 9.53 Å². The molecule has 1 fully saturated rings. The molecule has 1 atom stereocenters. The number of para-hydroxylation sites is 1. The number of likely N-dealkylation sites (tertiary alicyclic amines) is 1. The summed E-state index contributed by atoms with van der Waals surface area (Å²) in [5.74, 6) is 1.48. The second-order valence-corrected chi connectivity index (χ2v) is 9.62. The second kappa shape index (κ2) is 13.7. The largest absolute Gasteiger partial charge is 0.486 e. The molecule has 0 spiro atoms. The van der Waals surface area contributed by atoms with Gasteiger partial charge in [-0.2, -0.15) is 0 Å². The van der Waals surface area contributed by atoms with Crippen LogP contribution in [-0.2, 0) is 4.79 Å². The van der Waals surface area contributed by atoms with E-state index in [0.29, 0.717) is 5.92 Å². The van der Waals surface area contributed by atoms with Gasteiger partial charge < -0.3 is 15.0 Å². The molecule has 0 aromatic heterocycles. The Hall–Kier alpha value is -3.11. The summed E-state index contributed by atoms with van der Waals surface area (Å²) in [6.45, 7) is 12.9. The van der Waals surface area contributed by atoms with Crippen molar-refractivity contribution in [1.29, 1.82) is 0 Å². The first-order valence-electron chi connectivity index (χ1n) is 12.8. The van der Waals surface area contributed by atoms with Crippen LogP contribution >= 0.6 is 0 Å². The van der Waals surface area contributed by atoms with Crippen molar-refractivity contribution >= 4 is 11.6 Å². The van der Waals surface area contributed by atoms with E-state index in [9.17, 15) is 4.79 Å². The lowest BCUT2D eigenvalue weighted by atomic mass is 9.89. The summed E-state index contributed by atoms with van der Waals surface area (Å²) in [6.07, 6.45) is 11.1. The summed E-state index contributed by atoms with van der Waals surface area (Å²) in [6, 6.07) is 18.4. The van der Waals surface area contributed by atoms with Gasteiger partial charge in [0.15, 0.2) is 0 Å². The number of nitrogens with one attached hydrogen (secondary N) is 1. The summed E-state index contributed by atoms with van der Waals surface area (Å²) >= 11 is 0. The highest BCUT2D eigenvalue weighted by Gasteiger charge is 2.22. The van der Waals surface area contributed by atoms with Crippen LogP contribution in [0.1, 0.15) is 51.5 Å². The van der Waals surface area contributed by atoms with Crippen LogP contribution in [-0.4, -0.2) is 36.5 Å². The minimum atomic E-state index is -0.0203. The van der Waals surface area contributed by atoms with Gasteiger partial charge in [-0.3, -0.25) is 4.79 Å². The maximum Gasteiger partial charge on any atom is 0.226 e. The Kier molecular flexibility index (Phi) is 10.4. The lowest BCUT2D eigenvalue weighted by Crippen LogP contribution is -2.36. The average molecular weight is 473 g/mol. The number of ether oxygens (including phenoxy) is 1. The van der Waals surface area contributed by atoms with Gasteiger partial charge in [0.1, 0.15) is 11.9 Å². The molecule has 2 aromatic carbocycles. The van der Waals surface area contributed by atoms with E-state index < -0.39 is 0 Å². The van der Waals surface area contributed by atoms with E-state index in [0.717, 1.165) is 50.3 Å². The lowest BCUT2D eigenvalue weighted by molar-refractivity contribution is -0.118. The Labute approximate surface area is 211 Å². The number of benzene rings is 2. The average Bonchev–Trinajstić information content (AvgIpc) is 2.87. The highest BCUT2D eigenvalue weighted by molar-refractivity contribution is 5.92. The Bertz CT molecular complexity index is 1000. The summed E-state index contributed by atoms with van der Waals surface area (Å²) in [5.41, 5.74) is 3.43. The standard InChI is InChI=1S/C31H40N2O2/c1-5-6-8-12-25(4)30(35-29-15-9-7-10-16-29)19-22-33-20-17-26(18-21-33)27-13-11-14-28(23-27)32-31(34)24(2)3/h5-16,23-24,26,30H,1,17-22H2,2-4H3,(H,32,34)/b8-6-,25-12+/t30-/m0/s1. The zero-order valence-corrected chi connectivity index (χ0v) is 21.5. The smallest absolute Gasteiger partial charge is 0.226 e. The fourth-order valence-corrected chi connectivity index (χ4v) is 4.38. The molecule has 4 heteroatoms. The van der Waals surface area contributed by atoms with E-state index in [1.807, 2.05) is 62.4 Å². The number of nitrogens with zero attached hydrogens (tertiary/aromatic N) is 1. The Morgan fingerprint density at radius 1 is 1.11 bits per heavy atom. The first-order valence-corrected chi connectivity index (χ1v) is 12.8. The van der Waals surface area contributed by atoms with Crippen LogP contribution in [0.5, 0.6) is 5.75 Å². The molecule has 4 nitrogen and oxygen atoms in total. The highest BCUT2D eigenvalue weighted by atomic mass is 16.5. The van der Waals surface area contributed by atoms with Gasteiger partial charge in [-0.1, -0.05) is 75.1 Å². The number of rotatable bonds is 11. The number of allylic oxidation sites excluding steroid dienone is 4. The topological polar surface area (TPSA) is 41.6 Å². The minimum Gasteiger partial charge on any atom is -0.486 e. The maximum atomic E-state index is 12.1. The lowest BCUT2D eigenvalue weighted by Gasteiger charge is -2.33. The molecular formula is C31H40N2O2. The minimum absolute atomic E-state index is 0.0203. The van der Waals surface area contributed by atoms with Crippen LogP contribution < -0.4 is 10.1 Å². The van der Waals surface area contributed by atoms with Gasteiger partial charge in [0.2, 0.25) is 5.91 Å². The van der Waals surface area contributed by atoms with Crippen LogP contribution in [0, 0.1) is 5.92 Å². The van der Waals surface area contributed by atoms with Crippen molar-refractivity contribution in [1.82, 2.24) is 4.90 Å². The van der Waals surface area contributed by atoms with E-state index in [1.165, 1.54) is 11.1 Å². The van der Waals surface area contributed by atoms with Crippen molar-refractivity contribution in [2.24, 2.45) is 5.92 Å². The van der Waals surface area contributed by atoms with E-state index >= 15 is 0 Å². The Morgan fingerprint density at radius 3 is 2.54 bits per heavy atom. The molecule has 1 aliphatic heterocycles. The molecular weight excluding hydrogens is 432 g/mol. The molecule has 0 saturated carbocycles. The number of carbonyl (C=O) groups is 1. The fraction of sp³-hybridized carbons (Fsp3) is 0.387. The quantitative estimate of drug-likeness (QED) is 0.359. The fourth-order valence-electron chi connectivity index (χ4n) is 4.38. The first kappa shape index (κ1) is 26.5. The zero-order valence-electron chi connectivity index (χ0n) is 21.5. The van der Waals surface area contributed by atoms with Gasteiger partial charge in [-0.25, -0.2) is 0 Å². The summed E-state index contributed by atoms with van der Waals surface area (Å²) in [5, 5.41) is 3.03. The van der Waals surface area contributed by atoms with Crippen LogP contribution in [0.25, 0.3) is 0 Å². The van der Waals surface area contributed by atoms with Gasteiger partial charge in [0.05, 0.1) is 0 Å². The molecule has 1 saturated heterocycles. The summed E-state index contributed by atoms with van der Waals surface area (Å²) < 4.78 is 6.36. The molecule has 1 heterocycles. The molecule has 0 unspecified atom stereocenters. The predicted molar refractivity (Wildman–Crippen MR) is 147 cm³/mol. The van der Waals surface area contributed by atoms with E-state index in [2.05, 4.69) is 48.0 Å². The van der Waals surface area contributed by atoms with Gasteiger partial charge in [-0.15, -0.1) is 0 Å². The van der Waals surface area contributed by atoms with Crippen molar-refractivity contribution in [3.63, 3.8) is 0 Å². The van der Waals surface area contributed by atoms with E-state index in [-0.39, 0.29) is 17.9 Å². The van der Waals surface area contributed by atoms with Crippen LogP contribution in [0.4, 0.5) is 5.69 Å². The monoisotopic (exact) mass is 472 g/mol. The third-order valence-corrected chi connectivity index (χ3v) is 6.58. The Balaban J connectivity index is 1.55. The van der Waals surface area contributed by atoms with Crippen molar-refractivity contribution in [3.8, 4) is 5.75 Å². The van der Waals surface area contributed by atoms with Crippen molar-refractivity contribution in [3.05, 3.63) is 96.6 Å². The summed E-state index contributed by atoms with van der Waals surface area (Å²) in [7, 11) is 0. The molecule has 1 amide bonds. The van der Waals surface area contributed by atoms with Gasteiger partial charge in [0, 0.05) is 24.6 Å².